The molecular formula is C11H15FN4O2S. The number of hydrogen-bond donors (Lipinski definition) is 3. The first-order valence-electron chi connectivity index (χ1n) is 5.87. The first-order valence-corrected chi connectivity index (χ1v) is 7.35. The molecule has 1 aliphatic rings. The van der Waals surface area contributed by atoms with Crippen molar-refractivity contribution in [2.45, 2.75) is 30.2 Å². The molecule has 6 nitrogen and oxygen atoms in total. The molecule has 2 atom stereocenters. The van der Waals surface area contributed by atoms with Crippen LogP contribution in [0.25, 0.3) is 0 Å². The summed E-state index contributed by atoms with van der Waals surface area (Å²) in [6.45, 7) is 0. The first-order chi connectivity index (χ1) is 8.90. The van der Waals surface area contributed by atoms with Crippen molar-refractivity contribution in [2.75, 3.05) is 0 Å². The topological polar surface area (TPSA) is 109 Å². The minimum atomic E-state index is -3.84. The van der Waals surface area contributed by atoms with Crippen LogP contribution in [0.4, 0.5) is 4.39 Å². The second-order valence-electron chi connectivity index (χ2n) is 4.56. The maximum Gasteiger partial charge on any atom is 0.242 e. The molecule has 1 fully saturated rings. The quantitative estimate of drug-likeness (QED) is 0.556. The van der Waals surface area contributed by atoms with Crippen molar-refractivity contribution >= 4 is 15.9 Å². The highest BCUT2D eigenvalue weighted by atomic mass is 32.2. The second-order valence-corrected chi connectivity index (χ2v) is 6.27. The number of amidine groups is 1. The Balaban J connectivity index is 2.20. The van der Waals surface area contributed by atoms with Gasteiger partial charge in [0.1, 0.15) is 10.7 Å². The lowest BCUT2D eigenvalue weighted by molar-refractivity contribution is 0.520. The highest BCUT2D eigenvalue weighted by molar-refractivity contribution is 7.89. The summed E-state index contributed by atoms with van der Waals surface area (Å²) in [7, 11) is -3.84. The van der Waals surface area contributed by atoms with E-state index in [1.807, 2.05) is 0 Å². The zero-order valence-corrected chi connectivity index (χ0v) is 11.0. The predicted octanol–water partition coefficient (Wildman–Crippen LogP) is 0.604. The third kappa shape index (κ3) is 3.07. The zero-order valence-electron chi connectivity index (χ0n) is 10.1. The molecule has 1 aromatic heterocycles. The molecule has 104 valence electrons. The van der Waals surface area contributed by atoms with Crippen molar-refractivity contribution in [1.82, 2.24) is 9.71 Å². The summed E-state index contributed by atoms with van der Waals surface area (Å²) in [5, 5.41) is 7.44. The highest BCUT2D eigenvalue weighted by Crippen LogP contribution is 2.26. The molecule has 2 rings (SSSR count). The van der Waals surface area contributed by atoms with E-state index in [0.29, 0.717) is 12.8 Å². The van der Waals surface area contributed by atoms with Gasteiger partial charge in [-0.15, -0.1) is 0 Å². The average molecular weight is 286 g/mol. The Hall–Kier alpha value is -1.54. The van der Waals surface area contributed by atoms with E-state index >= 15 is 0 Å². The van der Waals surface area contributed by atoms with Crippen molar-refractivity contribution in [3.8, 4) is 0 Å². The minimum Gasteiger partial charge on any atom is -0.387 e. The Bertz CT molecular complexity index is 590. The van der Waals surface area contributed by atoms with Gasteiger partial charge in [-0.1, -0.05) is 6.42 Å². The number of pyridine rings is 1. The van der Waals surface area contributed by atoms with Gasteiger partial charge in [0.2, 0.25) is 10.0 Å². The lowest BCUT2D eigenvalue weighted by Gasteiger charge is -2.19. The molecule has 1 aliphatic carbocycles. The van der Waals surface area contributed by atoms with Crippen LogP contribution in [0, 0.1) is 17.1 Å². The smallest absolute Gasteiger partial charge is 0.242 e. The van der Waals surface area contributed by atoms with Crippen LogP contribution in [0.5, 0.6) is 0 Å². The van der Waals surface area contributed by atoms with E-state index in [9.17, 15) is 12.8 Å². The van der Waals surface area contributed by atoms with E-state index in [1.54, 1.807) is 0 Å². The van der Waals surface area contributed by atoms with Crippen LogP contribution in [0.3, 0.4) is 0 Å². The molecule has 0 radical (unpaired) electrons. The third-order valence-corrected chi connectivity index (χ3v) is 4.67. The van der Waals surface area contributed by atoms with Crippen LogP contribution in [-0.2, 0) is 10.0 Å². The van der Waals surface area contributed by atoms with Crippen LogP contribution in [0.2, 0.25) is 0 Å². The average Bonchev–Trinajstić information content (AvgIpc) is 2.76. The second kappa shape index (κ2) is 5.22. The normalized spacial score (nSPS) is 23.4. The summed E-state index contributed by atoms with van der Waals surface area (Å²) in [5.41, 5.74) is 5.45. The lowest BCUT2D eigenvalue weighted by atomic mass is 10.0. The Kier molecular flexibility index (Phi) is 3.81. The molecule has 0 aliphatic heterocycles. The molecule has 4 N–H and O–H groups in total. The van der Waals surface area contributed by atoms with Gasteiger partial charge in [-0.2, -0.15) is 0 Å². The van der Waals surface area contributed by atoms with E-state index < -0.39 is 21.9 Å². The monoisotopic (exact) mass is 286 g/mol. The van der Waals surface area contributed by atoms with Gasteiger partial charge in [0.25, 0.3) is 0 Å². The third-order valence-electron chi connectivity index (χ3n) is 3.21. The molecule has 0 aromatic carbocycles. The summed E-state index contributed by atoms with van der Waals surface area (Å²) in [5.74, 6) is -1.03. The number of nitrogens with two attached hydrogens (primary N) is 1. The summed E-state index contributed by atoms with van der Waals surface area (Å²) in [6, 6.07) is 0.498. The minimum absolute atomic E-state index is 0.0254. The molecule has 1 saturated carbocycles. The largest absolute Gasteiger partial charge is 0.387 e. The highest BCUT2D eigenvalue weighted by Gasteiger charge is 2.33. The van der Waals surface area contributed by atoms with Gasteiger partial charge in [0, 0.05) is 18.2 Å². The van der Waals surface area contributed by atoms with Gasteiger partial charge in [-0.25, -0.2) is 17.5 Å². The van der Waals surface area contributed by atoms with Crippen molar-refractivity contribution in [3.63, 3.8) is 0 Å². The number of nitrogens with one attached hydrogen (secondary N) is 2. The molecule has 0 saturated heterocycles. The van der Waals surface area contributed by atoms with E-state index in [-0.39, 0.29) is 16.6 Å². The number of nitrogens with zero attached hydrogens (tertiary/aromatic N) is 1. The van der Waals surface area contributed by atoms with Crippen molar-refractivity contribution in [3.05, 3.63) is 24.3 Å². The number of halogens is 1. The summed E-state index contributed by atoms with van der Waals surface area (Å²) in [4.78, 5) is 3.30. The molecule has 2 unspecified atom stereocenters. The Labute approximate surface area is 110 Å². The number of sulfonamides is 1. The SMILES string of the molecule is N=C(N)C1CCCC1NS(=O)(=O)c1cncc(F)c1. The van der Waals surface area contributed by atoms with Crippen LogP contribution in [-0.4, -0.2) is 25.3 Å². The Morgan fingerprint density at radius 2 is 2.21 bits per heavy atom. The van der Waals surface area contributed by atoms with E-state index in [4.69, 9.17) is 11.1 Å². The van der Waals surface area contributed by atoms with Gasteiger partial charge < -0.3 is 5.73 Å². The Morgan fingerprint density at radius 1 is 1.47 bits per heavy atom. The summed E-state index contributed by atoms with van der Waals surface area (Å²) in [6.07, 6.45) is 4.13. The zero-order chi connectivity index (χ0) is 14.0. The molecule has 0 bridgehead atoms. The fraction of sp³-hybridized carbons (Fsp3) is 0.455. The van der Waals surface area contributed by atoms with Crippen molar-refractivity contribution in [1.29, 1.82) is 5.41 Å². The maximum atomic E-state index is 13.0. The molecular weight excluding hydrogens is 271 g/mol. The fourth-order valence-electron chi connectivity index (χ4n) is 2.28. The van der Waals surface area contributed by atoms with Crippen LogP contribution in [0.1, 0.15) is 19.3 Å². The van der Waals surface area contributed by atoms with Gasteiger partial charge in [0.05, 0.1) is 12.0 Å². The number of aromatic nitrogens is 1. The van der Waals surface area contributed by atoms with Gasteiger partial charge in [-0.05, 0) is 18.9 Å². The number of hydrogen-bond acceptors (Lipinski definition) is 4. The van der Waals surface area contributed by atoms with Crippen molar-refractivity contribution < 1.29 is 12.8 Å². The molecule has 0 spiro atoms. The molecule has 0 amide bonds. The van der Waals surface area contributed by atoms with Crippen molar-refractivity contribution in [2.24, 2.45) is 11.7 Å². The molecule has 8 heteroatoms. The maximum absolute atomic E-state index is 13.0. The van der Waals surface area contributed by atoms with E-state index in [2.05, 4.69) is 9.71 Å². The summed E-state index contributed by atoms with van der Waals surface area (Å²) >= 11 is 0. The lowest BCUT2D eigenvalue weighted by Crippen LogP contribution is -2.42. The van der Waals surface area contributed by atoms with Crippen LogP contribution >= 0.6 is 0 Å². The summed E-state index contributed by atoms with van der Waals surface area (Å²) < 4.78 is 39.6. The predicted molar refractivity (Wildman–Crippen MR) is 67.6 cm³/mol. The van der Waals surface area contributed by atoms with Crippen LogP contribution < -0.4 is 10.5 Å². The van der Waals surface area contributed by atoms with Gasteiger partial charge >= 0.3 is 0 Å². The first kappa shape index (κ1) is 13.9. The van der Waals surface area contributed by atoms with Gasteiger partial charge in [0.15, 0.2) is 0 Å². The molecule has 1 heterocycles. The van der Waals surface area contributed by atoms with E-state index in [0.717, 1.165) is 24.9 Å². The Morgan fingerprint density at radius 3 is 2.84 bits per heavy atom. The number of rotatable bonds is 4. The van der Waals surface area contributed by atoms with Gasteiger partial charge in [-0.3, -0.25) is 10.4 Å². The molecule has 1 aromatic rings. The van der Waals surface area contributed by atoms with E-state index in [1.165, 1.54) is 0 Å². The van der Waals surface area contributed by atoms with Crippen LogP contribution in [0.15, 0.2) is 23.4 Å². The fourth-order valence-corrected chi connectivity index (χ4v) is 3.56. The molecule has 19 heavy (non-hydrogen) atoms. The standard InChI is InChI=1S/C11H15FN4O2S/c12-7-4-8(6-15-5-7)19(17,18)16-10-3-1-2-9(10)11(13)14/h4-6,9-10,16H,1-3H2,(H3,13,14).